The number of amides is 2. The minimum absolute atomic E-state index is 0.0928. The Balaban J connectivity index is 1.36. The SMILES string of the molecule is CCc1ccc(C2CC(c3cc(Cc4ccc(F)cc4)[nH]n3)CN(C(=O)N3CCOCC3)C2)cc1. The third-order valence-corrected chi connectivity index (χ3v) is 7.24. The van der Waals surface area contributed by atoms with E-state index in [4.69, 9.17) is 4.74 Å². The highest BCUT2D eigenvalue weighted by Gasteiger charge is 2.35. The summed E-state index contributed by atoms with van der Waals surface area (Å²) in [6, 6.07) is 17.6. The lowest BCUT2D eigenvalue weighted by molar-refractivity contribution is 0.0398. The van der Waals surface area contributed by atoms with Gasteiger partial charge in [-0.25, -0.2) is 9.18 Å². The summed E-state index contributed by atoms with van der Waals surface area (Å²) in [5.74, 6) is 0.161. The number of benzene rings is 2. The summed E-state index contributed by atoms with van der Waals surface area (Å²) < 4.78 is 18.7. The van der Waals surface area contributed by atoms with Crippen LogP contribution in [0.1, 0.15) is 53.3 Å². The van der Waals surface area contributed by atoms with Crippen molar-refractivity contribution < 1.29 is 13.9 Å². The van der Waals surface area contributed by atoms with Gasteiger partial charge in [-0.3, -0.25) is 5.10 Å². The number of hydrogen-bond acceptors (Lipinski definition) is 3. The zero-order valence-electron chi connectivity index (χ0n) is 20.3. The maximum absolute atomic E-state index is 13.4. The number of aromatic nitrogens is 2. The van der Waals surface area contributed by atoms with Crippen LogP contribution in [-0.2, 0) is 17.6 Å². The molecule has 2 unspecified atom stereocenters. The van der Waals surface area contributed by atoms with Crippen LogP contribution in [0, 0.1) is 5.82 Å². The van der Waals surface area contributed by atoms with Crippen LogP contribution in [0.3, 0.4) is 0 Å². The van der Waals surface area contributed by atoms with Crippen LogP contribution < -0.4 is 0 Å². The first-order valence-corrected chi connectivity index (χ1v) is 12.6. The van der Waals surface area contributed by atoms with Crippen molar-refractivity contribution in [2.45, 2.75) is 38.0 Å². The molecule has 2 aliphatic heterocycles. The maximum Gasteiger partial charge on any atom is 0.320 e. The molecule has 0 spiro atoms. The van der Waals surface area contributed by atoms with Crippen molar-refractivity contribution in [1.82, 2.24) is 20.0 Å². The molecule has 2 amide bonds. The number of hydrogen-bond donors (Lipinski definition) is 1. The van der Waals surface area contributed by atoms with Gasteiger partial charge in [-0.05, 0) is 47.7 Å². The van der Waals surface area contributed by atoms with Crippen LogP contribution in [0.4, 0.5) is 9.18 Å². The monoisotopic (exact) mass is 476 g/mol. The van der Waals surface area contributed by atoms with E-state index in [1.165, 1.54) is 23.3 Å². The maximum atomic E-state index is 13.4. The molecule has 2 saturated heterocycles. The molecule has 2 aliphatic rings. The van der Waals surface area contributed by atoms with Gasteiger partial charge in [0.25, 0.3) is 0 Å². The van der Waals surface area contributed by atoms with Gasteiger partial charge in [0.2, 0.25) is 0 Å². The van der Waals surface area contributed by atoms with Crippen molar-refractivity contribution in [2.24, 2.45) is 0 Å². The van der Waals surface area contributed by atoms with Crippen molar-refractivity contribution >= 4 is 6.03 Å². The summed E-state index contributed by atoms with van der Waals surface area (Å²) in [6.07, 6.45) is 2.62. The number of aryl methyl sites for hydroxylation is 1. The van der Waals surface area contributed by atoms with E-state index in [1.54, 1.807) is 12.1 Å². The average Bonchev–Trinajstić information content (AvgIpc) is 3.38. The quantitative estimate of drug-likeness (QED) is 0.579. The van der Waals surface area contributed by atoms with Gasteiger partial charge in [-0.15, -0.1) is 0 Å². The Bertz CT molecular complexity index is 1120. The van der Waals surface area contributed by atoms with Crippen LogP contribution in [0.25, 0.3) is 0 Å². The number of H-pyrrole nitrogens is 1. The Kier molecular flexibility index (Phi) is 7.13. The number of carbonyl (C=O) groups excluding carboxylic acids is 1. The van der Waals surface area contributed by atoms with Gasteiger partial charge in [0.15, 0.2) is 0 Å². The lowest BCUT2D eigenvalue weighted by Gasteiger charge is -2.40. The van der Waals surface area contributed by atoms with Crippen molar-refractivity contribution in [1.29, 1.82) is 0 Å². The molecule has 1 aromatic heterocycles. The van der Waals surface area contributed by atoms with Gasteiger partial charge >= 0.3 is 6.03 Å². The second-order valence-electron chi connectivity index (χ2n) is 9.63. The average molecular weight is 477 g/mol. The van der Waals surface area contributed by atoms with E-state index < -0.39 is 0 Å². The summed E-state index contributed by atoms with van der Waals surface area (Å²) in [5, 5.41) is 7.81. The molecular weight excluding hydrogens is 443 g/mol. The van der Waals surface area contributed by atoms with Gasteiger partial charge in [0, 0.05) is 50.1 Å². The highest BCUT2D eigenvalue weighted by Crippen LogP contribution is 2.36. The number of halogens is 1. The summed E-state index contributed by atoms with van der Waals surface area (Å²) in [6.45, 7) is 6.00. The molecule has 3 heterocycles. The molecule has 6 nitrogen and oxygen atoms in total. The molecule has 0 bridgehead atoms. The van der Waals surface area contributed by atoms with E-state index in [9.17, 15) is 9.18 Å². The predicted octanol–water partition coefficient (Wildman–Crippen LogP) is 4.73. The number of morpholine rings is 1. The predicted molar refractivity (Wildman–Crippen MR) is 133 cm³/mol. The highest BCUT2D eigenvalue weighted by atomic mass is 19.1. The third kappa shape index (κ3) is 5.56. The van der Waals surface area contributed by atoms with Crippen molar-refractivity contribution in [2.75, 3.05) is 39.4 Å². The number of nitrogens with zero attached hydrogens (tertiary/aromatic N) is 3. The first-order valence-electron chi connectivity index (χ1n) is 12.6. The summed E-state index contributed by atoms with van der Waals surface area (Å²) in [7, 11) is 0. The van der Waals surface area contributed by atoms with Gasteiger partial charge in [-0.1, -0.05) is 43.3 Å². The Morgan fingerprint density at radius 3 is 2.40 bits per heavy atom. The summed E-state index contributed by atoms with van der Waals surface area (Å²) in [4.78, 5) is 17.3. The molecule has 35 heavy (non-hydrogen) atoms. The fraction of sp³-hybridized carbons (Fsp3) is 0.429. The second kappa shape index (κ2) is 10.6. The molecule has 184 valence electrons. The van der Waals surface area contributed by atoms with E-state index in [2.05, 4.69) is 47.5 Å². The first kappa shape index (κ1) is 23.5. The molecule has 3 aromatic rings. The Morgan fingerprint density at radius 2 is 1.69 bits per heavy atom. The summed E-state index contributed by atoms with van der Waals surface area (Å²) >= 11 is 0. The minimum Gasteiger partial charge on any atom is -0.378 e. The van der Waals surface area contributed by atoms with Crippen molar-refractivity contribution in [3.05, 3.63) is 88.5 Å². The molecule has 0 aliphatic carbocycles. The Hall–Kier alpha value is -3.19. The van der Waals surface area contributed by atoms with E-state index in [0.717, 1.165) is 29.8 Å². The van der Waals surface area contributed by atoms with Gasteiger partial charge in [0.05, 0.1) is 18.9 Å². The number of urea groups is 1. The number of likely N-dealkylation sites (tertiary alicyclic amines) is 1. The number of nitrogens with one attached hydrogen (secondary N) is 1. The zero-order valence-corrected chi connectivity index (χ0v) is 20.3. The topological polar surface area (TPSA) is 61.5 Å². The Labute approximate surface area is 206 Å². The molecule has 2 fully saturated rings. The van der Waals surface area contributed by atoms with Crippen LogP contribution >= 0.6 is 0 Å². The van der Waals surface area contributed by atoms with Gasteiger partial charge < -0.3 is 14.5 Å². The highest BCUT2D eigenvalue weighted by molar-refractivity contribution is 5.75. The molecule has 2 aromatic carbocycles. The van der Waals surface area contributed by atoms with Crippen LogP contribution in [0.5, 0.6) is 0 Å². The lowest BCUT2D eigenvalue weighted by Crippen LogP contribution is -2.52. The largest absolute Gasteiger partial charge is 0.378 e. The smallest absolute Gasteiger partial charge is 0.320 e. The van der Waals surface area contributed by atoms with Crippen molar-refractivity contribution in [3.63, 3.8) is 0 Å². The minimum atomic E-state index is -0.232. The van der Waals surface area contributed by atoms with Gasteiger partial charge in [-0.2, -0.15) is 5.10 Å². The first-order chi connectivity index (χ1) is 17.1. The second-order valence-corrected chi connectivity index (χ2v) is 9.63. The number of aromatic amines is 1. The van der Waals surface area contributed by atoms with Gasteiger partial charge in [0.1, 0.15) is 5.82 Å². The molecule has 5 rings (SSSR count). The fourth-order valence-corrected chi connectivity index (χ4v) is 5.19. The lowest BCUT2D eigenvalue weighted by atomic mass is 9.82. The fourth-order valence-electron chi connectivity index (χ4n) is 5.19. The number of piperidine rings is 1. The van der Waals surface area contributed by atoms with Crippen LogP contribution in [-0.4, -0.2) is 65.4 Å². The summed E-state index contributed by atoms with van der Waals surface area (Å²) in [5.41, 5.74) is 5.60. The van der Waals surface area contributed by atoms with Crippen LogP contribution in [0.2, 0.25) is 0 Å². The normalized spacial score (nSPS) is 20.7. The molecule has 0 radical (unpaired) electrons. The number of carbonyl (C=O) groups is 1. The molecule has 1 N–H and O–H groups in total. The van der Waals surface area contributed by atoms with E-state index in [0.29, 0.717) is 45.8 Å². The number of ether oxygens (including phenoxy) is 1. The van der Waals surface area contributed by atoms with Crippen LogP contribution in [0.15, 0.2) is 54.6 Å². The van der Waals surface area contributed by atoms with E-state index in [-0.39, 0.29) is 23.7 Å². The van der Waals surface area contributed by atoms with Crippen molar-refractivity contribution in [3.8, 4) is 0 Å². The molecule has 7 heteroatoms. The molecular formula is C28H33FN4O2. The zero-order chi connectivity index (χ0) is 24.2. The molecule has 2 atom stereocenters. The Morgan fingerprint density at radius 1 is 1.00 bits per heavy atom. The molecule has 0 saturated carbocycles. The van der Waals surface area contributed by atoms with E-state index in [1.807, 2.05) is 9.80 Å². The standard InChI is InChI=1S/C28H33FN4O2/c1-2-20-3-7-22(8-4-20)23-16-24(19-33(18-23)28(34)32-11-13-35-14-12-32)27-17-26(30-31-27)15-21-5-9-25(29)10-6-21/h3-10,17,23-24H,2,11-16,18-19H2,1H3,(H,30,31). The van der Waals surface area contributed by atoms with E-state index >= 15 is 0 Å². The third-order valence-electron chi connectivity index (χ3n) is 7.24. The number of rotatable bonds is 5.